The summed E-state index contributed by atoms with van der Waals surface area (Å²) in [7, 11) is 1.57. The highest BCUT2D eigenvalue weighted by molar-refractivity contribution is 6.33. The average Bonchev–Trinajstić information content (AvgIpc) is 2.55. The third-order valence-electron chi connectivity index (χ3n) is 4.23. The zero-order valence-corrected chi connectivity index (χ0v) is 15.4. The van der Waals surface area contributed by atoms with E-state index in [1.807, 2.05) is 25.7 Å². The highest BCUT2D eigenvalue weighted by Gasteiger charge is 2.32. The largest absolute Gasteiger partial charge is 0.497 e. The van der Waals surface area contributed by atoms with Gasteiger partial charge in [0.2, 0.25) is 11.8 Å². The highest BCUT2D eigenvalue weighted by Crippen LogP contribution is 2.29. The first-order chi connectivity index (χ1) is 11.2. The van der Waals surface area contributed by atoms with E-state index in [1.165, 1.54) is 0 Å². The first kappa shape index (κ1) is 18.6. The van der Waals surface area contributed by atoms with Crippen molar-refractivity contribution in [2.45, 2.75) is 33.6 Å². The molecule has 0 unspecified atom stereocenters. The Morgan fingerprint density at radius 2 is 1.88 bits per heavy atom. The number of hydrogen-bond acceptors (Lipinski definition) is 3. The molecule has 0 radical (unpaired) electrons. The maximum atomic E-state index is 12.5. The van der Waals surface area contributed by atoms with Crippen LogP contribution in [0.2, 0.25) is 5.02 Å². The average molecular weight is 353 g/mol. The molecule has 24 heavy (non-hydrogen) atoms. The summed E-state index contributed by atoms with van der Waals surface area (Å²) < 4.78 is 5.16. The molecule has 1 fully saturated rings. The number of nitrogens with zero attached hydrogens (tertiary/aromatic N) is 1. The Morgan fingerprint density at radius 3 is 2.42 bits per heavy atom. The fourth-order valence-corrected chi connectivity index (χ4v) is 2.95. The topological polar surface area (TPSA) is 58.6 Å². The van der Waals surface area contributed by atoms with Gasteiger partial charge in [-0.05, 0) is 25.0 Å². The summed E-state index contributed by atoms with van der Waals surface area (Å²) in [5.41, 5.74) is 0.164. The Kier molecular flexibility index (Phi) is 5.75. The second kappa shape index (κ2) is 7.43. The van der Waals surface area contributed by atoms with E-state index in [4.69, 9.17) is 16.3 Å². The molecule has 1 saturated heterocycles. The number of carbonyl (C=O) groups excluding carboxylic acids is 2. The number of halogens is 1. The second-order valence-electron chi connectivity index (χ2n) is 7.15. The number of rotatable bonds is 3. The lowest BCUT2D eigenvalue weighted by atomic mass is 9.90. The fraction of sp³-hybridized carbons (Fsp3) is 0.556. The van der Waals surface area contributed by atoms with Gasteiger partial charge < -0.3 is 15.0 Å². The van der Waals surface area contributed by atoms with Crippen LogP contribution in [-0.4, -0.2) is 36.9 Å². The molecule has 0 aromatic heterocycles. The minimum absolute atomic E-state index is 0.0620. The number of ether oxygens (including phenoxy) is 1. The van der Waals surface area contributed by atoms with E-state index in [9.17, 15) is 9.59 Å². The van der Waals surface area contributed by atoms with E-state index < -0.39 is 0 Å². The van der Waals surface area contributed by atoms with E-state index >= 15 is 0 Å². The molecule has 5 nitrogen and oxygen atoms in total. The molecule has 1 aliphatic rings. The van der Waals surface area contributed by atoms with Crippen molar-refractivity contribution in [1.29, 1.82) is 0 Å². The van der Waals surface area contributed by atoms with Crippen LogP contribution in [0.15, 0.2) is 18.2 Å². The molecule has 1 aliphatic heterocycles. The van der Waals surface area contributed by atoms with Crippen LogP contribution >= 0.6 is 11.6 Å². The number of hydrogen-bond donors (Lipinski definition) is 1. The van der Waals surface area contributed by atoms with Crippen LogP contribution in [0.4, 0.5) is 5.69 Å². The van der Waals surface area contributed by atoms with Crippen LogP contribution in [0.5, 0.6) is 5.75 Å². The Bertz CT molecular complexity index is 617. The van der Waals surface area contributed by atoms with Crippen molar-refractivity contribution in [3.05, 3.63) is 23.2 Å². The third-order valence-corrected chi connectivity index (χ3v) is 4.56. The molecule has 0 spiro atoms. The second-order valence-corrected chi connectivity index (χ2v) is 7.56. The van der Waals surface area contributed by atoms with Crippen LogP contribution in [0, 0.1) is 11.3 Å². The molecule has 2 rings (SSSR count). The Labute approximate surface area is 148 Å². The summed E-state index contributed by atoms with van der Waals surface area (Å²) in [6.45, 7) is 6.97. The predicted molar refractivity (Wildman–Crippen MR) is 95.4 cm³/mol. The van der Waals surface area contributed by atoms with Crippen LogP contribution in [0.1, 0.15) is 33.6 Å². The van der Waals surface area contributed by atoms with Gasteiger partial charge in [-0.25, -0.2) is 0 Å². The van der Waals surface area contributed by atoms with Gasteiger partial charge in [-0.15, -0.1) is 0 Å². The lowest BCUT2D eigenvalue weighted by Crippen LogP contribution is -2.45. The highest BCUT2D eigenvalue weighted by atomic mass is 35.5. The van der Waals surface area contributed by atoms with Crippen LogP contribution in [0.3, 0.4) is 0 Å². The number of carbonyl (C=O) groups is 2. The summed E-state index contributed by atoms with van der Waals surface area (Å²) in [5, 5.41) is 3.35. The van der Waals surface area contributed by atoms with Crippen LogP contribution in [-0.2, 0) is 9.59 Å². The lowest BCUT2D eigenvalue weighted by Gasteiger charge is -2.35. The molecule has 1 heterocycles. The van der Waals surface area contributed by atoms with Gasteiger partial charge in [0.1, 0.15) is 5.75 Å². The Morgan fingerprint density at radius 1 is 1.25 bits per heavy atom. The van der Waals surface area contributed by atoms with Crippen molar-refractivity contribution in [2.24, 2.45) is 11.3 Å². The van der Waals surface area contributed by atoms with E-state index in [0.29, 0.717) is 42.4 Å². The number of piperidine rings is 1. The maximum Gasteiger partial charge on any atom is 0.227 e. The van der Waals surface area contributed by atoms with Crippen molar-refractivity contribution >= 4 is 29.1 Å². The standard InChI is InChI=1S/C18H25ClN2O3/c1-18(2,3)17(23)21-9-7-12(8-10-21)16(22)20-15-11-13(24-4)5-6-14(15)19/h5-6,11-12H,7-10H2,1-4H3,(H,20,22). The van der Waals surface area contributed by atoms with Gasteiger partial charge in [0.15, 0.2) is 0 Å². The smallest absolute Gasteiger partial charge is 0.227 e. The molecule has 1 N–H and O–H groups in total. The SMILES string of the molecule is COc1ccc(Cl)c(NC(=O)C2CCN(C(=O)C(C)(C)C)CC2)c1. The van der Waals surface area contributed by atoms with Gasteiger partial charge in [0, 0.05) is 30.5 Å². The number of nitrogens with one attached hydrogen (secondary N) is 1. The third kappa shape index (κ3) is 4.41. The zero-order valence-electron chi connectivity index (χ0n) is 14.7. The molecule has 0 bridgehead atoms. The van der Waals surface area contributed by atoms with E-state index in [1.54, 1.807) is 25.3 Å². The lowest BCUT2D eigenvalue weighted by molar-refractivity contribution is -0.142. The minimum atomic E-state index is -0.386. The first-order valence-electron chi connectivity index (χ1n) is 8.16. The van der Waals surface area contributed by atoms with Gasteiger partial charge in [-0.3, -0.25) is 9.59 Å². The number of methoxy groups -OCH3 is 1. The van der Waals surface area contributed by atoms with Crippen molar-refractivity contribution in [3.8, 4) is 5.75 Å². The molecular weight excluding hydrogens is 328 g/mol. The summed E-state index contributed by atoms with van der Waals surface area (Å²) in [6, 6.07) is 5.15. The first-order valence-corrected chi connectivity index (χ1v) is 8.54. The van der Waals surface area contributed by atoms with Crippen molar-refractivity contribution in [2.75, 3.05) is 25.5 Å². The van der Waals surface area contributed by atoms with Gasteiger partial charge in [0.25, 0.3) is 0 Å². The molecule has 6 heteroatoms. The van der Waals surface area contributed by atoms with Gasteiger partial charge in [-0.2, -0.15) is 0 Å². The van der Waals surface area contributed by atoms with Crippen LogP contribution < -0.4 is 10.1 Å². The van der Waals surface area contributed by atoms with Crippen molar-refractivity contribution in [1.82, 2.24) is 4.90 Å². The molecule has 0 atom stereocenters. The zero-order chi connectivity index (χ0) is 17.9. The van der Waals surface area contributed by atoms with E-state index in [0.717, 1.165) is 0 Å². The molecular formula is C18H25ClN2O3. The molecule has 132 valence electrons. The molecule has 2 amide bonds. The fourth-order valence-electron chi connectivity index (χ4n) is 2.78. The summed E-state index contributed by atoms with van der Waals surface area (Å²) >= 11 is 6.13. The number of amides is 2. The normalized spacial score (nSPS) is 16.0. The number of likely N-dealkylation sites (tertiary alicyclic amines) is 1. The number of anilines is 1. The minimum Gasteiger partial charge on any atom is -0.497 e. The van der Waals surface area contributed by atoms with Gasteiger partial charge in [0.05, 0.1) is 17.8 Å². The maximum absolute atomic E-state index is 12.5. The monoisotopic (exact) mass is 352 g/mol. The molecule has 1 aromatic carbocycles. The van der Waals surface area contributed by atoms with Crippen molar-refractivity contribution in [3.63, 3.8) is 0 Å². The summed E-state index contributed by atoms with van der Waals surface area (Å²) in [4.78, 5) is 26.6. The predicted octanol–water partition coefficient (Wildman–Crippen LogP) is 3.57. The van der Waals surface area contributed by atoms with E-state index in [2.05, 4.69) is 5.32 Å². The quantitative estimate of drug-likeness (QED) is 0.904. The molecule has 0 saturated carbocycles. The van der Waals surface area contributed by atoms with E-state index in [-0.39, 0.29) is 23.1 Å². The van der Waals surface area contributed by atoms with Gasteiger partial charge in [-0.1, -0.05) is 32.4 Å². The Balaban J connectivity index is 1.95. The number of benzene rings is 1. The van der Waals surface area contributed by atoms with Gasteiger partial charge >= 0.3 is 0 Å². The molecule has 1 aromatic rings. The van der Waals surface area contributed by atoms with Crippen molar-refractivity contribution < 1.29 is 14.3 Å². The van der Waals surface area contributed by atoms with Crippen LogP contribution in [0.25, 0.3) is 0 Å². The Hall–Kier alpha value is -1.75. The summed E-state index contributed by atoms with van der Waals surface area (Å²) in [6.07, 6.45) is 1.32. The summed E-state index contributed by atoms with van der Waals surface area (Å²) in [5.74, 6) is 0.599. The molecule has 0 aliphatic carbocycles.